The molecule has 1 fully saturated rings. The maximum absolute atomic E-state index is 13.2. The average Bonchev–Trinajstić information content (AvgIpc) is 2.76. The van der Waals surface area contributed by atoms with E-state index in [1.165, 1.54) is 18.5 Å². The van der Waals surface area contributed by atoms with Crippen LogP contribution in [0.4, 0.5) is 33.1 Å². The van der Waals surface area contributed by atoms with E-state index in [2.05, 4.69) is 20.2 Å². The van der Waals surface area contributed by atoms with E-state index in [1.807, 2.05) is 4.90 Å². The fourth-order valence-electron chi connectivity index (χ4n) is 3.41. The second kappa shape index (κ2) is 8.91. The van der Waals surface area contributed by atoms with Gasteiger partial charge in [0.05, 0.1) is 15.6 Å². The highest BCUT2D eigenvalue weighted by Gasteiger charge is 2.29. The van der Waals surface area contributed by atoms with Crippen molar-refractivity contribution in [2.45, 2.75) is 0 Å². The van der Waals surface area contributed by atoms with Gasteiger partial charge in [0, 0.05) is 36.9 Å². The molecular weight excluding hydrogens is 446 g/mol. The quantitative estimate of drug-likeness (QED) is 0.425. The predicted molar refractivity (Wildman–Crippen MR) is 119 cm³/mol. The summed E-state index contributed by atoms with van der Waals surface area (Å²) in [6.07, 6.45) is 1.27. The molecule has 0 spiro atoms. The normalized spacial score (nSPS) is 13.9. The second-order valence-corrected chi connectivity index (χ2v) is 7.69. The van der Waals surface area contributed by atoms with Gasteiger partial charge >= 0.3 is 5.69 Å². The van der Waals surface area contributed by atoms with E-state index in [0.717, 1.165) is 5.69 Å². The maximum atomic E-state index is 13.2. The van der Waals surface area contributed by atoms with Crippen LogP contribution in [0.1, 0.15) is 0 Å². The summed E-state index contributed by atoms with van der Waals surface area (Å²) >= 11 is 12.2. The van der Waals surface area contributed by atoms with Gasteiger partial charge < -0.3 is 15.1 Å². The third kappa shape index (κ3) is 4.62. The van der Waals surface area contributed by atoms with Gasteiger partial charge in [-0.15, -0.1) is 0 Å². The number of hydrogen-bond acceptors (Lipinski definition) is 7. The Morgan fingerprint density at radius 1 is 1.00 bits per heavy atom. The molecule has 0 aliphatic carbocycles. The Balaban J connectivity index is 1.57. The van der Waals surface area contributed by atoms with Gasteiger partial charge in [0.1, 0.15) is 12.1 Å². The molecule has 0 radical (unpaired) electrons. The Labute approximate surface area is 187 Å². The lowest BCUT2D eigenvalue weighted by molar-refractivity contribution is -0.383. The minimum atomic E-state index is -0.511. The van der Waals surface area contributed by atoms with Crippen molar-refractivity contribution in [1.82, 2.24) is 9.97 Å². The van der Waals surface area contributed by atoms with Crippen LogP contribution in [0.5, 0.6) is 0 Å². The topological polar surface area (TPSA) is 87.4 Å². The van der Waals surface area contributed by atoms with Gasteiger partial charge in [-0.25, -0.2) is 14.4 Å². The van der Waals surface area contributed by atoms with Crippen LogP contribution >= 0.6 is 23.2 Å². The highest BCUT2D eigenvalue weighted by molar-refractivity contribution is 6.35. The van der Waals surface area contributed by atoms with Crippen LogP contribution in [0.3, 0.4) is 0 Å². The van der Waals surface area contributed by atoms with Crippen LogP contribution in [0.2, 0.25) is 10.0 Å². The van der Waals surface area contributed by atoms with E-state index in [1.54, 1.807) is 30.3 Å². The molecule has 2 heterocycles. The molecule has 4 rings (SSSR count). The molecule has 1 saturated heterocycles. The first-order valence-electron chi connectivity index (χ1n) is 9.39. The number of aromatic nitrogens is 2. The lowest BCUT2D eigenvalue weighted by Crippen LogP contribution is -2.47. The highest BCUT2D eigenvalue weighted by Crippen LogP contribution is 2.36. The monoisotopic (exact) mass is 462 g/mol. The molecule has 0 unspecified atom stereocenters. The minimum absolute atomic E-state index is 0.0279. The Morgan fingerprint density at radius 2 is 1.68 bits per heavy atom. The van der Waals surface area contributed by atoms with E-state index in [-0.39, 0.29) is 23.1 Å². The Kier molecular flexibility index (Phi) is 6.06. The van der Waals surface area contributed by atoms with Gasteiger partial charge in [-0.3, -0.25) is 10.1 Å². The van der Waals surface area contributed by atoms with E-state index >= 15 is 0 Å². The Bertz CT molecular complexity index is 1110. The van der Waals surface area contributed by atoms with Crippen molar-refractivity contribution in [1.29, 1.82) is 0 Å². The van der Waals surface area contributed by atoms with Crippen LogP contribution in [0, 0.1) is 15.9 Å². The second-order valence-electron chi connectivity index (χ2n) is 6.85. The van der Waals surface area contributed by atoms with Crippen molar-refractivity contribution in [2.24, 2.45) is 0 Å². The summed E-state index contributed by atoms with van der Waals surface area (Å²) in [4.78, 5) is 23.6. The van der Waals surface area contributed by atoms with E-state index < -0.39 is 4.92 Å². The van der Waals surface area contributed by atoms with Crippen molar-refractivity contribution in [3.8, 4) is 0 Å². The van der Waals surface area contributed by atoms with Crippen LogP contribution in [-0.2, 0) is 0 Å². The van der Waals surface area contributed by atoms with E-state index in [9.17, 15) is 14.5 Å². The number of hydrogen-bond donors (Lipinski definition) is 1. The number of benzene rings is 2. The number of nitro groups is 1. The molecule has 1 aliphatic rings. The third-order valence-corrected chi connectivity index (χ3v) is 5.50. The first-order valence-corrected chi connectivity index (χ1v) is 10.1. The highest BCUT2D eigenvalue weighted by atomic mass is 35.5. The number of nitrogens with zero attached hydrogens (tertiary/aromatic N) is 5. The number of halogens is 3. The summed E-state index contributed by atoms with van der Waals surface area (Å²) < 4.78 is 13.2. The number of rotatable bonds is 5. The lowest BCUT2D eigenvalue weighted by atomic mass is 10.2. The fourth-order valence-corrected chi connectivity index (χ4v) is 3.75. The Hall–Kier alpha value is -3.17. The largest absolute Gasteiger partial charge is 0.368 e. The van der Waals surface area contributed by atoms with Crippen molar-refractivity contribution in [2.75, 3.05) is 41.3 Å². The molecule has 160 valence electrons. The summed E-state index contributed by atoms with van der Waals surface area (Å²) in [5.74, 6) is -0.0432. The molecule has 1 aliphatic heterocycles. The van der Waals surface area contributed by atoms with E-state index in [0.29, 0.717) is 41.9 Å². The van der Waals surface area contributed by atoms with Crippen LogP contribution < -0.4 is 15.1 Å². The molecule has 2 aromatic carbocycles. The molecule has 0 amide bonds. The van der Waals surface area contributed by atoms with Gasteiger partial charge in [0.15, 0.2) is 0 Å². The summed E-state index contributed by atoms with van der Waals surface area (Å²) in [5, 5.41) is 15.6. The first kappa shape index (κ1) is 21.1. The molecule has 0 atom stereocenters. The van der Waals surface area contributed by atoms with Gasteiger partial charge in [0.2, 0.25) is 11.6 Å². The molecule has 0 bridgehead atoms. The third-order valence-electron chi connectivity index (χ3n) is 4.94. The minimum Gasteiger partial charge on any atom is -0.368 e. The van der Waals surface area contributed by atoms with Gasteiger partial charge in [-0.1, -0.05) is 23.2 Å². The van der Waals surface area contributed by atoms with Crippen molar-refractivity contribution in [3.63, 3.8) is 0 Å². The standard InChI is InChI=1S/C20H17Cl2FN6O2/c21-13-1-6-16(22)17(11-13)26-19-18(29(30)31)20(25-12-24-19)28-9-7-27(8-10-28)15-4-2-14(23)3-5-15/h1-6,11-12H,7-10H2,(H,24,25,26). The molecule has 0 saturated carbocycles. The summed E-state index contributed by atoms with van der Waals surface area (Å²) in [6, 6.07) is 11.0. The number of piperazine rings is 1. The molecule has 3 aromatic rings. The smallest absolute Gasteiger partial charge is 0.353 e. The zero-order valence-corrected chi connectivity index (χ0v) is 17.6. The molecule has 1 aromatic heterocycles. The van der Waals surface area contributed by atoms with Gasteiger partial charge in [-0.2, -0.15) is 0 Å². The van der Waals surface area contributed by atoms with Crippen molar-refractivity contribution < 1.29 is 9.31 Å². The Morgan fingerprint density at radius 3 is 2.35 bits per heavy atom. The maximum Gasteiger partial charge on any atom is 0.353 e. The molecule has 1 N–H and O–H groups in total. The fraction of sp³-hybridized carbons (Fsp3) is 0.200. The van der Waals surface area contributed by atoms with Crippen LogP contribution in [-0.4, -0.2) is 41.1 Å². The predicted octanol–water partition coefficient (Wildman–Crippen LogP) is 4.90. The SMILES string of the molecule is O=[N+]([O-])c1c(Nc2cc(Cl)ccc2Cl)ncnc1N1CCN(c2ccc(F)cc2)CC1. The number of anilines is 4. The molecular formula is C20H17Cl2FN6O2. The zero-order valence-electron chi connectivity index (χ0n) is 16.1. The lowest BCUT2D eigenvalue weighted by Gasteiger charge is -2.36. The van der Waals surface area contributed by atoms with Gasteiger partial charge in [0.25, 0.3) is 0 Å². The first-order chi connectivity index (χ1) is 14.9. The van der Waals surface area contributed by atoms with E-state index in [4.69, 9.17) is 23.2 Å². The zero-order chi connectivity index (χ0) is 22.0. The van der Waals surface area contributed by atoms with Crippen LogP contribution in [0.25, 0.3) is 0 Å². The molecule has 11 heteroatoms. The van der Waals surface area contributed by atoms with Crippen molar-refractivity contribution in [3.05, 3.63) is 74.8 Å². The van der Waals surface area contributed by atoms with Gasteiger partial charge in [-0.05, 0) is 42.5 Å². The molecule has 31 heavy (non-hydrogen) atoms. The van der Waals surface area contributed by atoms with Crippen molar-refractivity contribution >= 4 is 51.9 Å². The summed E-state index contributed by atoms with van der Waals surface area (Å²) in [7, 11) is 0. The average molecular weight is 463 g/mol. The molecule has 8 nitrogen and oxygen atoms in total. The van der Waals surface area contributed by atoms with Crippen LogP contribution in [0.15, 0.2) is 48.8 Å². The summed E-state index contributed by atoms with van der Waals surface area (Å²) in [5.41, 5.74) is 1.06. The number of nitrogens with one attached hydrogen (secondary N) is 1. The summed E-state index contributed by atoms with van der Waals surface area (Å²) in [6.45, 7) is 2.23.